The van der Waals surface area contributed by atoms with Crippen molar-refractivity contribution in [2.45, 2.75) is 45.3 Å². The number of aliphatic carboxylic acids is 1. The molecule has 1 aromatic carbocycles. The highest BCUT2D eigenvalue weighted by atomic mass is 35.5. The molecule has 2 rings (SSSR count). The highest BCUT2D eigenvalue weighted by molar-refractivity contribution is 6.30. The number of carboxylic acids is 1. The molecule has 0 unspecified atom stereocenters. The summed E-state index contributed by atoms with van der Waals surface area (Å²) in [6, 6.07) is 5.20. The molecule has 1 aromatic rings. The normalized spacial score (nSPS) is 16.3. The first-order chi connectivity index (χ1) is 11.9. The van der Waals surface area contributed by atoms with Crippen molar-refractivity contribution in [2.24, 2.45) is 0 Å². The molecule has 1 aliphatic heterocycles. The van der Waals surface area contributed by atoms with E-state index in [9.17, 15) is 9.59 Å². The molecular weight excluding hydrogens is 346 g/mol. The van der Waals surface area contributed by atoms with Gasteiger partial charge >= 0.3 is 5.97 Å². The fourth-order valence-corrected chi connectivity index (χ4v) is 3.13. The van der Waals surface area contributed by atoms with Crippen LogP contribution in [-0.4, -0.2) is 53.8 Å². The molecule has 1 atom stereocenters. The minimum atomic E-state index is -0.924. The number of rotatable bonds is 7. The van der Waals surface area contributed by atoms with Gasteiger partial charge in [0, 0.05) is 30.8 Å². The lowest BCUT2D eigenvalue weighted by Crippen LogP contribution is -2.49. The van der Waals surface area contributed by atoms with Crippen LogP contribution in [0.2, 0.25) is 5.02 Å². The van der Waals surface area contributed by atoms with Gasteiger partial charge in [-0.25, -0.2) is 0 Å². The lowest BCUT2D eigenvalue weighted by Gasteiger charge is -2.35. The van der Waals surface area contributed by atoms with Gasteiger partial charge in [-0.2, -0.15) is 0 Å². The van der Waals surface area contributed by atoms with Gasteiger partial charge in [0.15, 0.2) is 6.10 Å². The first kappa shape index (κ1) is 19.5. The molecule has 1 N–H and O–H groups in total. The molecule has 1 saturated heterocycles. The van der Waals surface area contributed by atoms with Crippen molar-refractivity contribution in [3.63, 3.8) is 0 Å². The number of hydrogen-bond acceptors (Lipinski definition) is 4. The maximum absolute atomic E-state index is 12.9. The number of aryl methyl sites for hydroxylation is 1. The summed E-state index contributed by atoms with van der Waals surface area (Å²) in [5.41, 5.74) is 0.843. The van der Waals surface area contributed by atoms with Crippen LogP contribution in [0.5, 0.6) is 5.75 Å². The number of halogens is 1. The second kappa shape index (κ2) is 9.06. The molecule has 0 spiro atoms. The average molecular weight is 370 g/mol. The number of carbonyl (C=O) groups is 2. The zero-order valence-electron chi connectivity index (χ0n) is 14.5. The van der Waals surface area contributed by atoms with E-state index in [1.807, 2.05) is 6.92 Å². The summed E-state index contributed by atoms with van der Waals surface area (Å²) in [5.74, 6) is -0.537. The SMILES string of the molecule is Cc1cc(Cl)ccc1O[C@H](C)C(=O)N(CCC(=O)O)C1CCOCC1. The average Bonchev–Trinajstić information content (AvgIpc) is 2.58. The Morgan fingerprint density at radius 1 is 1.40 bits per heavy atom. The van der Waals surface area contributed by atoms with Crippen molar-refractivity contribution in [1.29, 1.82) is 0 Å². The molecule has 0 bridgehead atoms. The maximum atomic E-state index is 12.9. The predicted molar refractivity (Wildman–Crippen MR) is 94.1 cm³/mol. The summed E-state index contributed by atoms with van der Waals surface area (Å²) in [5, 5.41) is 9.58. The molecule has 1 aliphatic rings. The lowest BCUT2D eigenvalue weighted by molar-refractivity contribution is -0.144. The molecule has 6 nitrogen and oxygen atoms in total. The van der Waals surface area contributed by atoms with E-state index in [-0.39, 0.29) is 24.9 Å². The fraction of sp³-hybridized carbons (Fsp3) is 0.556. The molecule has 0 aliphatic carbocycles. The minimum absolute atomic E-state index is 0.0158. The van der Waals surface area contributed by atoms with E-state index < -0.39 is 12.1 Å². The second-order valence-electron chi connectivity index (χ2n) is 6.19. The first-order valence-corrected chi connectivity index (χ1v) is 8.79. The van der Waals surface area contributed by atoms with Crippen LogP contribution >= 0.6 is 11.6 Å². The van der Waals surface area contributed by atoms with Crippen molar-refractivity contribution in [3.05, 3.63) is 28.8 Å². The molecule has 1 fully saturated rings. The molecule has 0 saturated carbocycles. The summed E-state index contributed by atoms with van der Waals surface area (Å²) < 4.78 is 11.2. The van der Waals surface area contributed by atoms with E-state index in [4.69, 9.17) is 26.2 Å². The summed E-state index contributed by atoms with van der Waals surface area (Å²) in [4.78, 5) is 25.5. The Kier molecular flexibility index (Phi) is 7.08. The molecule has 25 heavy (non-hydrogen) atoms. The van der Waals surface area contributed by atoms with Crippen LogP contribution in [0.25, 0.3) is 0 Å². The largest absolute Gasteiger partial charge is 0.481 e. The van der Waals surface area contributed by atoms with Gasteiger partial charge < -0.3 is 19.5 Å². The molecule has 1 heterocycles. The van der Waals surface area contributed by atoms with Gasteiger partial charge in [0.1, 0.15) is 5.75 Å². The van der Waals surface area contributed by atoms with Crippen molar-refractivity contribution >= 4 is 23.5 Å². The van der Waals surface area contributed by atoms with Crippen LogP contribution < -0.4 is 4.74 Å². The van der Waals surface area contributed by atoms with Crippen LogP contribution in [0.4, 0.5) is 0 Å². The minimum Gasteiger partial charge on any atom is -0.481 e. The van der Waals surface area contributed by atoms with Gasteiger partial charge in [-0.05, 0) is 50.5 Å². The summed E-state index contributed by atoms with van der Waals surface area (Å²) in [6.45, 7) is 4.87. The van der Waals surface area contributed by atoms with E-state index in [2.05, 4.69) is 0 Å². The lowest BCUT2D eigenvalue weighted by atomic mass is 10.1. The molecule has 7 heteroatoms. The van der Waals surface area contributed by atoms with E-state index in [1.54, 1.807) is 30.0 Å². The summed E-state index contributed by atoms with van der Waals surface area (Å²) >= 11 is 5.94. The van der Waals surface area contributed by atoms with Crippen LogP contribution in [0, 0.1) is 6.92 Å². The van der Waals surface area contributed by atoms with Crippen molar-refractivity contribution in [1.82, 2.24) is 4.90 Å². The van der Waals surface area contributed by atoms with Crippen molar-refractivity contribution in [2.75, 3.05) is 19.8 Å². The number of hydrogen-bond donors (Lipinski definition) is 1. The quantitative estimate of drug-likeness (QED) is 0.799. The van der Waals surface area contributed by atoms with Crippen LogP contribution in [-0.2, 0) is 14.3 Å². The van der Waals surface area contributed by atoms with Gasteiger partial charge in [-0.1, -0.05) is 11.6 Å². The summed E-state index contributed by atoms with van der Waals surface area (Å²) in [7, 11) is 0. The third-order valence-electron chi connectivity index (χ3n) is 4.27. The predicted octanol–water partition coefficient (Wildman–Crippen LogP) is 2.90. The topological polar surface area (TPSA) is 76.1 Å². The van der Waals surface area contributed by atoms with E-state index in [1.165, 1.54) is 0 Å². The smallest absolute Gasteiger partial charge is 0.305 e. The molecular formula is C18H24ClNO5. The number of amides is 1. The number of ether oxygens (including phenoxy) is 2. The standard InChI is InChI=1S/C18H24ClNO5/c1-12-11-14(19)3-4-16(12)25-13(2)18(23)20(8-5-17(21)22)15-6-9-24-10-7-15/h3-4,11,13,15H,5-10H2,1-2H3,(H,21,22)/t13-/m1/s1. The third-order valence-corrected chi connectivity index (χ3v) is 4.50. The Hall–Kier alpha value is -1.79. The van der Waals surface area contributed by atoms with Gasteiger partial charge in [0.25, 0.3) is 5.91 Å². The van der Waals surface area contributed by atoms with E-state index in [0.29, 0.717) is 36.8 Å². The first-order valence-electron chi connectivity index (χ1n) is 8.41. The van der Waals surface area contributed by atoms with Crippen molar-refractivity contribution in [3.8, 4) is 5.75 Å². The number of benzene rings is 1. The van der Waals surface area contributed by atoms with Crippen LogP contribution in [0.15, 0.2) is 18.2 Å². The van der Waals surface area contributed by atoms with E-state index in [0.717, 1.165) is 5.56 Å². The fourth-order valence-electron chi connectivity index (χ4n) is 2.91. The Bertz CT molecular complexity index is 615. The maximum Gasteiger partial charge on any atom is 0.305 e. The molecule has 1 amide bonds. The zero-order chi connectivity index (χ0) is 18.4. The number of nitrogens with zero attached hydrogens (tertiary/aromatic N) is 1. The number of carbonyl (C=O) groups excluding carboxylic acids is 1. The Morgan fingerprint density at radius 2 is 2.08 bits per heavy atom. The Balaban J connectivity index is 2.08. The van der Waals surface area contributed by atoms with Crippen LogP contribution in [0.1, 0.15) is 31.7 Å². The monoisotopic (exact) mass is 369 g/mol. The van der Waals surface area contributed by atoms with Crippen LogP contribution in [0.3, 0.4) is 0 Å². The highest BCUT2D eigenvalue weighted by Crippen LogP contribution is 2.24. The summed E-state index contributed by atoms with van der Waals surface area (Å²) in [6.07, 6.45) is 0.614. The van der Waals surface area contributed by atoms with E-state index >= 15 is 0 Å². The van der Waals surface area contributed by atoms with Crippen molar-refractivity contribution < 1.29 is 24.2 Å². The van der Waals surface area contributed by atoms with Gasteiger partial charge in [-0.3, -0.25) is 9.59 Å². The molecule has 0 aromatic heterocycles. The van der Waals surface area contributed by atoms with Gasteiger partial charge in [0.05, 0.1) is 6.42 Å². The molecule has 0 radical (unpaired) electrons. The third kappa shape index (κ3) is 5.61. The molecule has 138 valence electrons. The number of carboxylic acid groups (broad SMARTS) is 1. The zero-order valence-corrected chi connectivity index (χ0v) is 15.3. The second-order valence-corrected chi connectivity index (χ2v) is 6.63. The van der Waals surface area contributed by atoms with Gasteiger partial charge in [0.2, 0.25) is 0 Å². The highest BCUT2D eigenvalue weighted by Gasteiger charge is 2.30. The Morgan fingerprint density at radius 3 is 2.68 bits per heavy atom. The van der Waals surface area contributed by atoms with Gasteiger partial charge in [-0.15, -0.1) is 0 Å². The Labute approximate surface area is 152 Å².